The van der Waals surface area contributed by atoms with E-state index >= 15 is 0 Å². The number of hydrogen-bond donors (Lipinski definition) is 2. The summed E-state index contributed by atoms with van der Waals surface area (Å²) in [6, 6.07) is 9.08. The molecule has 0 aromatic heterocycles. The number of hydrogen-bond acceptors (Lipinski definition) is 7. The summed E-state index contributed by atoms with van der Waals surface area (Å²) in [6.45, 7) is 6.08. The zero-order valence-electron chi connectivity index (χ0n) is 18.7. The number of halogens is 1. The first-order chi connectivity index (χ1) is 15.2. The molecule has 8 nitrogen and oxygen atoms in total. The highest BCUT2D eigenvalue weighted by molar-refractivity contribution is 7.89. The summed E-state index contributed by atoms with van der Waals surface area (Å²) in [7, 11) is -1.24. The smallest absolute Gasteiger partial charge is 0.299 e. The van der Waals surface area contributed by atoms with Gasteiger partial charge in [-0.3, -0.25) is 4.79 Å². The summed E-state index contributed by atoms with van der Waals surface area (Å²) in [4.78, 5) is 11.1. The Morgan fingerprint density at radius 3 is 2.59 bits per heavy atom. The number of carbonyl (C=O) groups excluding carboxylic acids is 1. The van der Waals surface area contributed by atoms with Gasteiger partial charge in [0.1, 0.15) is 16.7 Å². The third-order valence-electron chi connectivity index (χ3n) is 5.21. The Hall–Kier alpha value is -2.62. The van der Waals surface area contributed by atoms with Gasteiger partial charge in [0, 0.05) is 24.1 Å². The van der Waals surface area contributed by atoms with Crippen molar-refractivity contribution in [2.24, 2.45) is 5.10 Å². The maximum absolute atomic E-state index is 13.3. The van der Waals surface area contributed by atoms with Crippen LogP contribution >= 0.6 is 11.6 Å². The molecule has 0 unspecified atom stereocenters. The molecule has 10 heteroatoms. The van der Waals surface area contributed by atoms with Crippen molar-refractivity contribution in [1.82, 2.24) is 10.1 Å². The Morgan fingerprint density at radius 2 is 2.00 bits per heavy atom. The molecule has 0 saturated carbocycles. The van der Waals surface area contributed by atoms with Crippen LogP contribution in [0.1, 0.15) is 36.5 Å². The minimum atomic E-state index is -4.12. The van der Waals surface area contributed by atoms with Gasteiger partial charge in [-0.2, -0.15) is 4.72 Å². The van der Waals surface area contributed by atoms with Gasteiger partial charge in [0.15, 0.2) is 0 Å². The molecule has 2 aromatic rings. The maximum Gasteiger partial charge on any atom is 0.299 e. The number of rotatable bonds is 10. The van der Waals surface area contributed by atoms with Gasteiger partial charge in [-0.1, -0.05) is 43.6 Å². The van der Waals surface area contributed by atoms with E-state index in [1.807, 2.05) is 39.0 Å². The van der Waals surface area contributed by atoms with E-state index in [4.69, 9.17) is 21.1 Å². The second-order valence-electron chi connectivity index (χ2n) is 7.06. The van der Waals surface area contributed by atoms with Gasteiger partial charge in [-0.05, 0) is 42.2 Å². The van der Waals surface area contributed by atoms with Crippen LogP contribution in [0.3, 0.4) is 0 Å². The van der Waals surface area contributed by atoms with Crippen molar-refractivity contribution in [2.45, 2.75) is 44.0 Å². The van der Waals surface area contributed by atoms with Crippen molar-refractivity contribution in [1.29, 1.82) is 0 Å². The van der Waals surface area contributed by atoms with Crippen molar-refractivity contribution in [3.05, 3.63) is 58.1 Å². The van der Waals surface area contributed by atoms with E-state index in [-0.39, 0.29) is 23.0 Å². The van der Waals surface area contributed by atoms with Gasteiger partial charge in [0.2, 0.25) is 15.9 Å². The molecule has 2 N–H and O–H groups in total. The average Bonchev–Trinajstić information content (AvgIpc) is 2.76. The van der Waals surface area contributed by atoms with E-state index in [0.29, 0.717) is 5.02 Å². The quantitative estimate of drug-likeness (QED) is 0.233. The van der Waals surface area contributed by atoms with Gasteiger partial charge >= 0.3 is 0 Å². The zero-order chi connectivity index (χ0) is 23.9. The van der Waals surface area contributed by atoms with Crippen molar-refractivity contribution in [3.63, 3.8) is 0 Å². The fourth-order valence-electron chi connectivity index (χ4n) is 3.55. The SMILES string of the molecule is CCc1cccc([C@@H](C)[C@H](NS(=O)(=O)c2ccc(Cl)cc2OC)/C(=N/NC)OC=O)c1C. The molecule has 2 aromatic carbocycles. The molecule has 2 rings (SSSR count). The Balaban J connectivity index is 2.60. The maximum atomic E-state index is 13.3. The van der Waals surface area contributed by atoms with Crippen LogP contribution in [0.2, 0.25) is 5.02 Å². The van der Waals surface area contributed by atoms with Crippen LogP contribution < -0.4 is 14.9 Å². The van der Waals surface area contributed by atoms with E-state index in [9.17, 15) is 13.2 Å². The first-order valence-electron chi connectivity index (χ1n) is 9.99. The fraction of sp³-hybridized carbons (Fsp3) is 0.364. The number of sulfonamides is 1. The normalized spacial score (nSPS) is 13.9. The molecule has 32 heavy (non-hydrogen) atoms. The zero-order valence-corrected chi connectivity index (χ0v) is 20.3. The molecular weight excluding hydrogens is 454 g/mol. The topological polar surface area (TPSA) is 106 Å². The number of nitrogens with zero attached hydrogens (tertiary/aromatic N) is 1. The minimum Gasteiger partial charge on any atom is -0.495 e. The fourth-order valence-corrected chi connectivity index (χ4v) is 5.13. The summed E-state index contributed by atoms with van der Waals surface area (Å²) in [5, 5.41) is 4.33. The molecule has 0 radical (unpaired) electrons. The lowest BCUT2D eigenvalue weighted by Gasteiger charge is -2.27. The molecule has 0 aliphatic carbocycles. The number of aryl methyl sites for hydroxylation is 1. The number of carbonyl (C=O) groups is 1. The average molecular weight is 482 g/mol. The van der Waals surface area contributed by atoms with Gasteiger partial charge in [0.25, 0.3) is 6.47 Å². The molecule has 0 bridgehead atoms. The number of hydrazone groups is 1. The third-order valence-corrected chi connectivity index (χ3v) is 6.93. The van der Waals surface area contributed by atoms with Gasteiger partial charge < -0.3 is 14.9 Å². The number of nitrogens with one attached hydrogen (secondary N) is 2. The molecule has 0 heterocycles. The Bertz CT molecular complexity index is 1090. The Morgan fingerprint density at radius 1 is 1.28 bits per heavy atom. The summed E-state index contributed by atoms with van der Waals surface area (Å²) in [6.07, 6.45) is 0.826. The lowest BCUT2D eigenvalue weighted by Crippen LogP contribution is -2.46. The van der Waals surface area contributed by atoms with E-state index < -0.39 is 22.0 Å². The number of benzene rings is 2. The second-order valence-corrected chi connectivity index (χ2v) is 9.17. The van der Waals surface area contributed by atoms with Crippen LogP contribution in [0.25, 0.3) is 0 Å². The molecule has 0 spiro atoms. The minimum absolute atomic E-state index is 0.0870. The van der Waals surface area contributed by atoms with E-state index in [0.717, 1.165) is 23.1 Å². The Labute approximate surface area is 194 Å². The van der Waals surface area contributed by atoms with Crippen LogP contribution in [0, 0.1) is 6.92 Å². The molecule has 0 amide bonds. The van der Waals surface area contributed by atoms with Gasteiger partial charge in [-0.15, -0.1) is 5.10 Å². The van der Waals surface area contributed by atoms with Gasteiger partial charge in [0.05, 0.1) is 7.11 Å². The van der Waals surface area contributed by atoms with Crippen LogP contribution in [-0.4, -0.2) is 41.0 Å². The first-order valence-corrected chi connectivity index (χ1v) is 11.8. The van der Waals surface area contributed by atoms with Crippen LogP contribution in [0.5, 0.6) is 5.75 Å². The highest BCUT2D eigenvalue weighted by atomic mass is 35.5. The van der Waals surface area contributed by atoms with E-state index in [1.54, 1.807) is 0 Å². The molecule has 0 fully saturated rings. The van der Waals surface area contributed by atoms with Crippen molar-refractivity contribution in [3.8, 4) is 5.75 Å². The van der Waals surface area contributed by atoms with E-state index in [2.05, 4.69) is 15.2 Å². The predicted molar refractivity (Wildman–Crippen MR) is 125 cm³/mol. The lowest BCUT2D eigenvalue weighted by atomic mass is 9.88. The molecule has 174 valence electrons. The standard InChI is InChI=1S/C22H28ClN3O5S/c1-6-16-8-7-9-18(14(16)2)15(3)21(22(25-24-4)31-13-27)26-32(28,29)20-11-10-17(23)12-19(20)30-5/h7-13,15,21,24,26H,6H2,1-5H3/b25-22-/t15-,21+/m1/s1. The predicted octanol–water partition coefficient (Wildman–Crippen LogP) is 3.38. The number of ether oxygens (including phenoxy) is 2. The summed E-state index contributed by atoms with van der Waals surface area (Å²) in [5.41, 5.74) is 5.63. The summed E-state index contributed by atoms with van der Waals surface area (Å²) < 4.78 is 39.6. The van der Waals surface area contributed by atoms with E-state index in [1.165, 1.54) is 32.4 Å². The number of methoxy groups -OCH3 is 1. The largest absolute Gasteiger partial charge is 0.495 e. The molecular formula is C22H28ClN3O5S. The van der Waals surface area contributed by atoms with Crippen molar-refractivity contribution < 1.29 is 22.7 Å². The van der Waals surface area contributed by atoms with Crippen LogP contribution in [0.15, 0.2) is 46.4 Å². The van der Waals surface area contributed by atoms with Crippen molar-refractivity contribution in [2.75, 3.05) is 14.2 Å². The first kappa shape index (κ1) is 25.6. The molecule has 0 saturated heterocycles. The highest BCUT2D eigenvalue weighted by Crippen LogP contribution is 2.30. The lowest BCUT2D eigenvalue weighted by molar-refractivity contribution is -0.122. The Kier molecular flexibility index (Phi) is 9.06. The van der Waals surface area contributed by atoms with Crippen LogP contribution in [-0.2, 0) is 26.0 Å². The molecule has 0 aliphatic rings. The summed E-state index contributed by atoms with van der Waals surface area (Å²) in [5.74, 6) is -0.460. The second kappa shape index (κ2) is 11.3. The highest BCUT2D eigenvalue weighted by Gasteiger charge is 2.33. The van der Waals surface area contributed by atoms with Crippen LogP contribution in [0.4, 0.5) is 0 Å². The molecule has 0 aliphatic heterocycles. The summed E-state index contributed by atoms with van der Waals surface area (Å²) >= 11 is 5.98. The molecule has 2 atom stereocenters. The monoisotopic (exact) mass is 481 g/mol. The third kappa shape index (κ3) is 5.79. The van der Waals surface area contributed by atoms with Crippen molar-refractivity contribution >= 4 is 34.0 Å². The van der Waals surface area contributed by atoms with Gasteiger partial charge in [-0.25, -0.2) is 8.42 Å².